The van der Waals surface area contributed by atoms with Gasteiger partial charge in [0.1, 0.15) is 17.2 Å². The fourth-order valence-corrected chi connectivity index (χ4v) is 5.43. The Bertz CT molecular complexity index is 1420. The predicted octanol–water partition coefficient (Wildman–Crippen LogP) is 4.84. The number of rotatable bonds is 6. The van der Waals surface area contributed by atoms with Crippen molar-refractivity contribution in [2.75, 3.05) is 61.9 Å². The predicted molar refractivity (Wildman–Crippen MR) is 151 cm³/mol. The van der Waals surface area contributed by atoms with Gasteiger partial charge in [-0.2, -0.15) is 0 Å². The number of aryl methyl sites for hydroxylation is 1. The van der Waals surface area contributed by atoms with Gasteiger partial charge in [-0.25, -0.2) is 4.98 Å². The van der Waals surface area contributed by atoms with Gasteiger partial charge in [-0.15, -0.1) is 0 Å². The van der Waals surface area contributed by atoms with Crippen LogP contribution in [-0.4, -0.2) is 72.0 Å². The summed E-state index contributed by atoms with van der Waals surface area (Å²) in [5, 5.41) is 4.42. The molecular weight excluding hydrogens is 509 g/mol. The summed E-state index contributed by atoms with van der Waals surface area (Å²) in [4.78, 5) is 28.1. The molecule has 192 valence electrons. The van der Waals surface area contributed by atoms with Crippen LogP contribution in [0.15, 0.2) is 55.0 Å². The zero-order valence-corrected chi connectivity index (χ0v) is 22.6. The van der Waals surface area contributed by atoms with Gasteiger partial charge in [0.05, 0.1) is 22.3 Å². The van der Waals surface area contributed by atoms with Crippen LogP contribution in [0.1, 0.15) is 5.56 Å². The molecule has 0 saturated carbocycles. The Morgan fingerprint density at radius 3 is 2.46 bits per heavy atom. The third-order valence-corrected chi connectivity index (χ3v) is 7.22. The molecule has 37 heavy (non-hydrogen) atoms. The summed E-state index contributed by atoms with van der Waals surface area (Å²) in [5.41, 5.74) is 5.73. The van der Waals surface area contributed by atoms with Gasteiger partial charge in [0.15, 0.2) is 0 Å². The monoisotopic (exact) mass is 537 g/mol. The molecular formula is C27H29Cl2N7O. The van der Waals surface area contributed by atoms with E-state index in [9.17, 15) is 4.79 Å². The van der Waals surface area contributed by atoms with Crippen molar-refractivity contribution in [1.82, 2.24) is 19.3 Å². The fourth-order valence-electron chi connectivity index (χ4n) is 4.83. The zero-order valence-electron chi connectivity index (χ0n) is 21.1. The number of aromatic nitrogens is 3. The van der Waals surface area contributed by atoms with E-state index in [2.05, 4.69) is 45.2 Å². The van der Waals surface area contributed by atoms with E-state index in [-0.39, 0.29) is 12.5 Å². The normalized spacial score (nSPS) is 13.8. The molecule has 1 aliphatic rings. The summed E-state index contributed by atoms with van der Waals surface area (Å²) in [5.74, 6) is 0.831. The number of anilines is 3. The van der Waals surface area contributed by atoms with E-state index in [0.29, 0.717) is 36.2 Å². The number of piperazine rings is 1. The van der Waals surface area contributed by atoms with Crippen molar-refractivity contribution in [2.45, 2.75) is 6.92 Å². The molecule has 3 aromatic heterocycles. The van der Waals surface area contributed by atoms with Crippen molar-refractivity contribution >= 4 is 51.9 Å². The lowest BCUT2D eigenvalue weighted by Crippen LogP contribution is -2.50. The van der Waals surface area contributed by atoms with E-state index in [4.69, 9.17) is 28.2 Å². The number of hydrogen-bond donors (Lipinski definition) is 1. The number of nitrogens with zero attached hydrogens (tertiary/aromatic N) is 6. The molecule has 10 heteroatoms. The van der Waals surface area contributed by atoms with Crippen LogP contribution in [0, 0.1) is 6.92 Å². The Morgan fingerprint density at radius 2 is 1.78 bits per heavy atom. The average Bonchev–Trinajstić information content (AvgIpc) is 3.26. The second kappa shape index (κ2) is 10.5. The number of imidazole rings is 1. The highest BCUT2D eigenvalue weighted by Crippen LogP contribution is 2.34. The summed E-state index contributed by atoms with van der Waals surface area (Å²) in [6.45, 7) is 4.72. The molecule has 1 aromatic carbocycles. The molecule has 4 aromatic rings. The van der Waals surface area contributed by atoms with Crippen molar-refractivity contribution in [3.8, 4) is 11.3 Å². The van der Waals surface area contributed by atoms with Crippen molar-refractivity contribution in [3.05, 3.63) is 70.6 Å². The number of benzene rings is 1. The highest BCUT2D eigenvalue weighted by molar-refractivity contribution is 6.38. The number of fused-ring (bicyclic) bond motifs is 1. The lowest BCUT2D eigenvalue weighted by Gasteiger charge is -2.36. The summed E-state index contributed by atoms with van der Waals surface area (Å²) in [6.07, 6.45) is 5.14. The number of nitrogens with one attached hydrogen (secondary N) is 1. The Morgan fingerprint density at radius 1 is 1.05 bits per heavy atom. The Kier molecular flexibility index (Phi) is 7.13. The van der Waals surface area contributed by atoms with Gasteiger partial charge in [0, 0.05) is 70.1 Å². The first-order chi connectivity index (χ1) is 17.8. The van der Waals surface area contributed by atoms with Gasteiger partial charge in [-0.05, 0) is 36.8 Å². The zero-order chi connectivity index (χ0) is 26.1. The Balaban J connectivity index is 1.32. The van der Waals surface area contributed by atoms with E-state index in [1.54, 1.807) is 12.4 Å². The third kappa shape index (κ3) is 5.04. The number of carbonyl (C=O) groups is 1. The molecule has 1 saturated heterocycles. The van der Waals surface area contributed by atoms with E-state index < -0.39 is 0 Å². The van der Waals surface area contributed by atoms with Gasteiger partial charge in [-0.3, -0.25) is 14.2 Å². The molecule has 0 radical (unpaired) electrons. The molecule has 0 unspecified atom stereocenters. The highest BCUT2D eigenvalue weighted by Gasteiger charge is 2.25. The van der Waals surface area contributed by atoms with E-state index >= 15 is 0 Å². The molecule has 0 atom stereocenters. The van der Waals surface area contributed by atoms with Crippen LogP contribution in [-0.2, 0) is 4.79 Å². The van der Waals surface area contributed by atoms with Gasteiger partial charge in [0.25, 0.3) is 0 Å². The first kappa shape index (κ1) is 25.2. The molecule has 0 bridgehead atoms. The molecule has 1 N–H and O–H groups in total. The molecule has 1 fully saturated rings. The van der Waals surface area contributed by atoms with Crippen LogP contribution in [0.2, 0.25) is 10.0 Å². The first-order valence-electron chi connectivity index (χ1n) is 12.1. The van der Waals surface area contributed by atoms with Crippen LogP contribution in [0.4, 0.5) is 17.2 Å². The smallest absolute Gasteiger partial charge is 0.242 e. The number of hydrogen-bond acceptors (Lipinski definition) is 6. The third-order valence-electron chi connectivity index (χ3n) is 6.67. The topological polar surface area (TPSA) is 69.0 Å². The minimum atomic E-state index is 0.0301. The molecule has 1 aliphatic heterocycles. The summed E-state index contributed by atoms with van der Waals surface area (Å²) in [6, 6.07) is 12.2. The Labute approximate surface area is 226 Å². The maximum Gasteiger partial charge on any atom is 0.242 e. The van der Waals surface area contributed by atoms with Crippen molar-refractivity contribution < 1.29 is 4.79 Å². The standard InChI is InChI=1S/C27H29Cl2N7O/c1-18-14-19(7-8-22(18)33(2)3)25-27(36-9-5-4-6-23(36)32-25)31-17-24(37)34-10-12-35(13-11-34)26-20(28)15-30-16-21(26)29/h4-9,14-16,31H,10-13,17H2,1-3H3. The fraction of sp³-hybridized carbons (Fsp3) is 0.296. The minimum Gasteiger partial charge on any atom is -0.377 e. The average molecular weight is 538 g/mol. The number of halogens is 2. The molecule has 8 nitrogen and oxygen atoms in total. The molecule has 0 spiro atoms. The molecule has 4 heterocycles. The maximum atomic E-state index is 13.2. The van der Waals surface area contributed by atoms with E-state index in [0.717, 1.165) is 39.7 Å². The van der Waals surface area contributed by atoms with Gasteiger partial charge < -0.3 is 20.0 Å². The van der Waals surface area contributed by atoms with E-state index in [1.807, 2.05) is 47.8 Å². The number of amides is 1. The van der Waals surface area contributed by atoms with Gasteiger partial charge in [0.2, 0.25) is 5.91 Å². The quantitative estimate of drug-likeness (QED) is 0.379. The van der Waals surface area contributed by atoms with Crippen molar-refractivity contribution in [3.63, 3.8) is 0 Å². The minimum absolute atomic E-state index is 0.0301. The second-order valence-corrected chi connectivity index (χ2v) is 10.1. The molecule has 0 aliphatic carbocycles. The Hall–Kier alpha value is -3.49. The lowest BCUT2D eigenvalue weighted by atomic mass is 10.1. The maximum absolute atomic E-state index is 13.2. The number of carbonyl (C=O) groups excluding carboxylic acids is 1. The van der Waals surface area contributed by atoms with Crippen LogP contribution in [0.5, 0.6) is 0 Å². The van der Waals surface area contributed by atoms with Crippen molar-refractivity contribution in [1.29, 1.82) is 0 Å². The van der Waals surface area contributed by atoms with Gasteiger partial charge in [-0.1, -0.05) is 35.3 Å². The van der Waals surface area contributed by atoms with Crippen LogP contribution < -0.4 is 15.1 Å². The van der Waals surface area contributed by atoms with Crippen molar-refractivity contribution in [2.24, 2.45) is 0 Å². The highest BCUT2D eigenvalue weighted by atomic mass is 35.5. The summed E-state index contributed by atoms with van der Waals surface area (Å²) >= 11 is 12.7. The second-order valence-electron chi connectivity index (χ2n) is 9.31. The van der Waals surface area contributed by atoms with Crippen LogP contribution in [0.3, 0.4) is 0 Å². The lowest BCUT2D eigenvalue weighted by molar-refractivity contribution is -0.129. The summed E-state index contributed by atoms with van der Waals surface area (Å²) < 4.78 is 1.99. The van der Waals surface area contributed by atoms with Crippen LogP contribution in [0.25, 0.3) is 16.9 Å². The van der Waals surface area contributed by atoms with Crippen LogP contribution >= 0.6 is 23.2 Å². The largest absolute Gasteiger partial charge is 0.377 e. The number of pyridine rings is 2. The first-order valence-corrected chi connectivity index (χ1v) is 12.9. The molecule has 1 amide bonds. The molecule has 5 rings (SSSR count). The SMILES string of the molecule is Cc1cc(-c2nc3ccccn3c2NCC(=O)N2CCN(c3c(Cl)cncc3Cl)CC2)ccc1N(C)C. The van der Waals surface area contributed by atoms with Gasteiger partial charge >= 0.3 is 0 Å². The summed E-state index contributed by atoms with van der Waals surface area (Å²) in [7, 11) is 4.07. The van der Waals surface area contributed by atoms with E-state index in [1.165, 1.54) is 0 Å².